The van der Waals surface area contributed by atoms with Crippen molar-refractivity contribution in [1.29, 1.82) is 0 Å². The monoisotopic (exact) mass is 317 g/mol. The lowest BCUT2D eigenvalue weighted by Crippen LogP contribution is -2.53. The van der Waals surface area contributed by atoms with Crippen LogP contribution in [0.5, 0.6) is 5.75 Å². The van der Waals surface area contributed by atoms with E-state index >= 15 is 0 Å². The summed E-state index contributed by atoms with van der Waals surface area (Å²) in [5.41, 5.74) is 0.731. The first-order valence-electron chi connectivity index (χ1n) is 8.71. The number of nitrogens with one attached hydrogen (secondary N) is 1. The van der Waals surface area contributed by atoms with E-state index < -0.39 is 0 Å². The highest BCUT2D eigenvalue weighted by Crippen LogP contribution is 2.25. The maximum atomic E-state index is 12.5. The lowest BCUT2D eigenvalue weighted by Gasteiger charge is -2.40. The summed E-state index contributed by atoms with van der Waals surface area (Å²) in [5.74, 6) is 0.696. The third-order valence-electron chi connectivity index (χ3n) is 5.04. The summed E-state index contributed by atoms with van der Waals surface area (Å²) < 4.78 is 5.29. The van der Waals surface area contributed by atoms with E-state index in [-0.39, 0.29) is 6.03 Å². The second-order valence-corrected chi connectivity index (χ2v) is 6.45. The van der Waals surface area contributed by atoms with Gasteiger partial charge in [0.05, 0.1) is 12.8 Å². The fourth-order valence-electron chi connectivity index (χ4n) is 3.68. The van der Waals surface area contributed by atoms with Gasteiger partial charge in [-0.1, -0.05) is 31.4 Å². The number of hydrogen-bond acceptors (Lipinski definition) is 3. The minimum absolute atomic E-state index is 0.0298. The Kier molecular flexibility index (Phi) is 5.39. The van der Waals surface area contributed by atoms with E-state index in [1.807, 2.05) is 29.2 Å². The SMILES string of the molecule is COc1ccccc1NC(=O)N1CCN(C2CCCCC2)CC1. The third kappa shape index (κ3) is 3.96. The Labute approximate surface area is 138 Å². The summed E-state index contributed by atoms with van der Waals surface area (Å²) in [6, 6.07) is 8.24. The van der Waals surface area contributed by atoms with Gasteiger partial charge in [-0.15, -0.1) is 0 Å². The van der Waals surface area contributed by atoms with Gasteiger partial charge in [0, 0.05) is 32.2 Å². The molecule has 1 aliphatic heterocycles. The average molecular weight is 317 g/mol. The molecular formula is C18H27N3O2. The maximum absolute atomic E-state index is 12.5. The van der Waals surface area contributed by atoms with E-state index in [9.17, 15) is 4.79 Å². The zero-order valence-electron chi connectivity index (χ0n) is 14.0. The van der Waals surface area contributed by atoms with E-state index in [1.165, 1.54) is 32.1 Å². The quantitative estimate of drug-likeness (QED) is 0.931. The molecule has 2 aliphatic rings. The molecule has 5 nitrogen and oxygen atoms in total. The molecule has 1 aromatic rings. The Morgan fingerprint density at radius 3 is 2.48 bits per heavy atom. The molecule has 1 saturated heterocycles. The number of carbonyl (C=O) groups is 1. The molecule has 1 saturated carbocycles. The van der Waals surface area contributed by atoms with Crippen LogP contribution in [0.4, 0.5) is 10.5 Å². The molecule has 0 atom stereocenters. The number of piperazine rings is 1. The molecule has 1 aromatic carbocycles. The van der Waals surface area contributed by atoms with Crippen LogP contribution in [0.2, 0.25) is 0 Å². The van der Waals surface area contributed by atoms with Crippen LogP contribution in [-0.4, -0.2) is 55.2 Å². The fourth-order valence-corrected chi connectivity index (χ4v) is 3.68. The Bertz CT molecular complexity index is 521. The van der Waals surface area contributed by atoms with Crippen molar-refractivity contribution >= 4 is 11.7 Å². The number of para-hydroxylation sites is 2. The molecule has 3 rings (SSSR count). The first-order valence-corrected chi connectivity index (χ1v) is 8.71. The van der Waals surface area contributed by atoms with Gasteiger partial charge in [-0.25, -0.2) is 4.79 Å². The van der Waals surface area contributed by atoms with Gasteiger partial charge < -0.3 is 15.0 Å². The number of ether oxygens (including phenoxy) is 1. The van der Waals surface area contributed by atoms with Crippen LogP contribution in [-0.2, 0) is 0 Å². The molecule has 1 N–H and O–H groups in total. The smallest absolute Gasteiger partial charge is 0.322 e. The topological polar surface area (TPSA) is 44.8 Å². The van der Waals surface area contributed by atoms with Crippen molar-refractivity contribution in [3.8, 4) is 5.75 Å². The van der Waals surface area contributed by atoms with Crippen molar-refractivity contribution in [3.05, 3.63) is 24.3 Å². The summed E-state index contributed by atoms with van der Waals surface area (Å²) in [6.45, 7) is 3.59. The first-order chi connectivity index (χ1) is 11.3. The first kappa shape index (κ1) is 16.1. The van der Waals surface area contributed by atoms with Gasteiger partial charge in [0.25, 0.3) is 0 Å². The number of carbonyl (C=O) groups excluding carboxylic acids is 1. The van der Waals surface area contributed by atoms with E-state index in [0.717, 1.165) is 37.9 Å². The second kappa shape index (κ2) is 7.68. The van der Waals surface area contributed by atoms with Crippen molar-refractivity contribution in [2.75, 3.05) is 38.6 Å². The molecule has 126 valence electrons. The molecule has 2 fully saturated rings. The summed E-state index contributed by atoms with van der Waals surface area (Å²) in [5, 5.41) is 2.97. The predicted octanol–water partition coefficient (Wildman–Crippen LogP) is 3.18. The summed E-state index contributed by atoms with van der Waals surface area (Å²) in [7, 11) is 1.62. The molecule has 5 heteroatoms. The molecule has 1 aliphatic carbocycles. The number of hydrogen-bond donors (Lipinski definition) is 1. The molecule has 0 aromatic heterocycles. The van der Waals surface area contributed by atoms with E-state index in [4.69, 9.17) is 4.74 Å². The maximum Gasteiger partial charge on any atom is 0.322 e. The Balaban J connectivity index is 1.52. The largest absolute Gasteiger partial charge is 0.495 e. The minimum atomic E-state index is -0.0298. The molecule has 23 heavy (non-hydrogen) atoms. The number of urea groups is 1. The lowest BCUT2D eigenvalue weighted by atomic mass is 9.94. The molecule has 2 amide bonds. The number of anilines is 1. The van der Waals surface area contributed by atoms with Crippen molar-refractivity contribution in [2.24, 2.45) is 0 Å². The van der Waals surface area contributed by atoms with Crippen molar-refractivity contribution in [3.63, 3.8) is 0 Å². The highest BCUT2D eigenvalue weighted by molar-refractivity contribution is 5.91. The van der Waals surface area contributed by atoms with Crippen LogP contribution >= 0.6 is 0 Å². The standard InChI is InChI=1S/C18H27N3O2/c1-23-17-10-6-5-9-16(17)19-18(22)21-13-11-20(12-14-21)15-7-3-2-4-8-15/h5-6,9-10,15H,2-4,7-8,11-14H2,1H3,(H,19,22). The molecule has 0 unspecified atom stereocenters. The van der Waals surface area contributed by atoms with Crippen LogP contribution in [0.15, 0.2) is 24.3 Å². The van der Waals surface area contributed by atoms with Gasteiger partial charge in [0.1, 0.15) is 5.75 Å². The van der Waals surface area contributed by atoms with E-state index in [0.29, 0.717) is 5.75 Å². The number of rotatable bonds is 3. The molecule has 0 radical (unpaired) electrons. The second-order valence-electron chi connectivity index (χ2n) is 6.45. The number of amides is 2. The lowest BCUT2D eigenvalue weighted by molar-refractivity contribution is 0.0943. The Morgan fingerprint density at radius 1 is 1.09 bits per heavy atom. The van der Waals surface area contributed by atoms with Crippen molar-refractivity contribution < 1.29 is 9.53 Å². The van der Waals surface area contributed by atoms with Crippen LogP contribution in [0, 0.1) is 0 Å². The fraction of sp³-hybridized carbons (Fsp3) is 0.611. The number of methoxy groups -OCH3 is 1. The zero-order valence-corrected chi connectivity index (χ0v) is 14.0. The van der Waals surface area contributed by atoms with E-state index in [2.05, 4.69) is 10.2 Å². The summed E-state index contributed by atoms with van der Waals surface area (Å²) >= 11 is 0. The highest BCUT2D eigenvalue weighted by Gasteiger charge is 2.27. The van der Waals surface area contributed by atoms with Gasteiger partial charge >= 0.3 is 6.03 Å². The van der Waals surface area contributed by atoms with Gasteiger partial charge in [-0.3, -0.25) is 4.90 Å². The van der Waals surface area contributed by atoms with E-state index in [1.54, 1.807) is 7.11 Å². The number of benzene rings is 1. The molecule has 0 spiro atoms. The van der Waals surface area contributed by atoms with Crippen molar-refractivity contribution in [1.82, 2.24) is 9.80 Å². The van der Waals surface area contributed by atoms with Gasteiger partial charge in [0.15, 0.2) is 0 Å². The average Bonchev–Trinajstić information content (AvgIpc) is 2.63. The Hall–Kier alpha value is -1.75. The predicted molar refractivity (Wildman–Crippen MR) is 92.0 cm³/mol. The van der Waals surface area contributed by atoms with Crippen LogP contribution < -0.4 is 10.1 Å². The normalized spacial score (nSPS) is 20.3. The zero-order chi connectivity index (χ0) is 16.1. The molecular weight excluding hydrogens is 290 g/mol. The highest BCUT2D eigenvalue weighted by atomic mass is 16.5. The van der Waals surface area contributed by atoms with Gasteiger partial charge in [0.2, 0.25) is 0 Å². The summed E-state index contributed by atoms with van der Waals surface area (Å²) in [6.07, 6.45) is 6.76. The number of nitrogens with zero attached hydrogens (tertiary/aromatic N) is 2. The Morgan fingerprint density at radius 2 is 1.78 bits per heavy atom. The molecule has 0 bridgehead atoms. The van der Waals surface area contributed by atoms with Crippen LogP contribution in [0.1, 0.15) is 32.1 Å². The van der Waals surface area contributed by atoms with Gasteiger partial charge in [-0.2, -0.15) is 0 Å². The van der Waals surface area contributed by atoms with Crippen LogP contribution in [0.3, 0.4) is 0 Å². The van der Waals surface area contributed by atoms with Crippen LogP contribution in [0.25, 0.3) is 0 Å². The third-order valence-corrected chi connectivity index (χ3v) is 5.04. The van der Waals surface area contributed by atoms with Gasteiger partial charge in [-0.05, 0) is 25.0 Å². The molecule has 1 heterocycles. The minimum Gasteiger partial charge on any atom is -0.495 e. The summed E-state index contributed by atoms with van der Waals surface area (Å²) in [4.78, 5) is 16.9. The van der Waals surface area contributed by atoms with Crippen molar-refractivity contribution in [2.45, 2.75) is 38.1 Å².